The second-order valence-corrected chi connectivity index (χ2v) is 14.0. The number of esters is 1. The van der Waals surface area contributed by atoms with E-state index < -0.39 is 0 Å². The molecular formula is C32H49NO4. The van der Waals surface area contributed by atoms with Crippen molar-refractivity contribution in [2.24, 2.45) is 40.4 Å². The first kappa shape index (κ1) is 26.8. The average Bonchev–Trinajstić information content (AvgIpc) is 3.22. The van der Waals surface area contributed by atoms with E-state index >= 15 is 0 Å². The number of nitrogens with one attached hydrogen (secondary N) is 1. The van der Waals surface area contributed by atoms with Crippen molar-refractivity contribution in [3.8, 4) is 0 Å². The Morgan fingerprint density at radius 1 is 1.16 bits per heavy atom. The molecule has 5 nitrogen and oxygen atoms in total. The van der Waals surface area contributed by atoms with Gasteiger partial charge < -0.3 is 14.8 Å². The predicted octanol–water partition coefficient (Wildman–Crippen LogP) is 6.72. The van der Waals surface area contributed by atoms with E-state index in [9.17, 15) is 9.59 Å². The van der Waals surface area contributed by atoms with Crippen LogP contribution in [0.1, 0.15) is 106 Å². The predicted molar refractivity (Wildman–Crippen MR) is 145 cm³/mol. The zero-order valence-corrected chi connectivity index (χ0v) is 24.2. The lowest BCUT2D eigenvalue weighted by molar-refractivity contribution is -0.148. The molecule has 0 aromatic rings. The molecule has 1 heterocycles. The summed E-state index contributed by atoms with van der Waals surface area (Å²) in [6, 6.07) is 0. The summed E-state index contributed by atoms with van der Waals surface area (Å²) in [7, 11) is 0. The second-order valence-electron chi connectivity index (χ2n) is 14.0. The van der Waals surface area contributed by atoms with Crippen LogP contribution in [-0.2, 0) is 19.1 Å². The number of fused-ring (bicyclic) bond motifs is 7. The molecule has 9 atom stereocenters. The quantitative estimate of drug-likeness (QED) is 0.317. The fourth-order valence-corrected chi connectivity index (χ4v) is 9.93. The molecule has 5 heteroatoms. The number of rotatable bonds is 6. The number of allylic oxidation sites excluding steroid dienone is 2. The lowest BCUT2D eigenvalue weighted by Gasteiger charge is -2.58. The Kier molecular flexibility index (Phi) is 6.85. The van der Waals surface area contributed by atoms with E-state index in [-0.39, 0.29) is 29.0 Å². The van der Waals surface area contributed by atoms with E-state index in [0.717, 1.165) is 56.9 Å². The number of carbonyl (C=O) groups is 2. The zero-order chi connectivity index (χ0) is 26.8. The number of hydrogen-bond acceptors (Lipinski definition) is 4. The number of amides is 1. The summed E-state index contributed by atoms with van der Waals surface area (Å²) in [4.78, 5) is 22.9. The highest BCUT2D eigenvalue weighted by Gasteiger charge is 2.67. The third-order valence-electron chi connectivity index (χ3n) is 11.5. The Morgan fingerprint density at radius 3 is 2.62 bits per heavy atom. The molecule has 5 rings (SSSR count). The van der Waals surface area contributed by atoms with Gasteiger partial charge in [-0.25, -0.2) is 0 Å². The van der Waals surface area contributed by atoms with Gasteiger partial charge in [-0.1, -0.05) is 32.4 Å². The average molecular weight is 512 g/mol. The van der Waals surface area contributed by atoms with Crippen molar-refractivity contribution in [2.75, 3.05) is 6.54 Å². The Morgan fingerprint density at radius 2 is 1.92 bits per heavy atom. The summed E-state index contributed by atoms with van der Waals surface area (Å²) in [6.07, 6.45) is 12.6. The fourth-order valence-electron chi connectivity index (χ4n) is 9.93. The van der Waals surface area contributed by atoms with Gasteiger partial charge in [0.25, 0.3) is 0 Å². The van der Waals surface area contributed by atoms with Crippen LogP contribution in [0.15, 0.2) is 23.0 Å². The molecule has 0 aromatic heterocycles. The summed E-state index contributed by atoms with van der Waals surface area (Å²) in [5.41, 5.74) is 3.51. The molecule has 5 aliphatic rings. The highest BCUT2D eigenvalue weighted by atomic mass is 16.5. The van der Waals surface area contributed by atoms with Crippen LogP contribution in [0, 0.1) is 40.4 Å². The van der Waals surface area contributed by atoms with Crippen LogP contribution >= 0.6 is 0 Å². The van der Waals surface area contributed by atoms with Crippen molar-refractivity contribution >= 4 is 11.9 Å². The van der Waals surface area contributed by atoms with E-state index in [1.807, 2.05) is 0 Å². The van der Waals surface area contributed by atoms with Crippen LogP contribution in [0.5, 0.6) is 0 Å². The largest absolute Gasteiger partial charge is 0.491 e. The normalized spacial score (nSPS) is 43.0. The van der Waals surface area contributed by atoms with E-state index in [1.165, 1.54) is 37.5 Å². The monoisotopic (exact) mass is 511 g/mol. The summed E-state index contributed by atoms with van der Waals surface area (Å²) in [6.45, 7) is 15.9. The van der Waals surface area contributed by atoms with Gasteiger partial charge in [-0.2, -0.15) is 0 Å². The topological polar surface area (TPSA) is 64.6 Å². The van der Waals surface area contributed by atoms with Crippen molar-refractivity contribution in [3.05, 3.63) is 23.0 Å². The maximum absolute atomic E-state index is 11.6. The number of hydrogen-bond donors (Lipinski definition) is 1. The van der Waals surface area contributed by atoms with Gasteiger partial charge in [0.05, 0.1) is 5.76 Å². The van der Waals surface area contributed by atoms with E-state index in [0.29, 0.717) is 23.2 Å². The van der Waals surface area contributed by atoms with Crippen LogP contribution in [0.3, 0.4) is 0 Å². The fraction of sp³-hybridized carbons (Fsp3) is 0.812. The van der Waals surface area contributed by atoms with E-state index in [4.69, 9.17) is 9.47 Å². The molecule has 0 aromatic carbocycles. The van der Waals surface area contributed by atoms with Crippen LogP contribution in [-0.4, -0.2) is 30.1 Å². The maximum Gasteiger partial charge on any atom is 0.302 e. The van der Waals surface area contributed by atoms with Crippen LogP contribution in [0.4, 0.5) is 0 Å². The third kappa shape index (κ3) is 4.46. The minimum absolute atomic E-state index is 0.0481. The Bertz CT molecular complexity index is 1010. The van der Waals surface area contributed by atoms with Gasteiger partial charge in [0.2, 0.25) is 5.91 Å². The summed E-state index contributed by atoms with van der Waals surface area (Å²) in [5.74, 6) is 4.22. The molecule has 1 N–H and O–H groups in total. The highest BCUT2D eigenvalue weighted by molar-refractivity contribution is 5.72. The lowest BCUT2D eigenvalue weighted by atomic mass is 9.47. The number of ether oxygens (including phenoxy) is 2. The molecule has 0 spiro atoms. The molecule has 4 aliphatic carbocycles. The van der Waals surface area contributed by atoms with Crippen molar-refractivity contribution in [3.63, 3.8) is 0 Å². The SMILES string of the molecule is CC(=O)NC[C@H](C)CCC1=C(C)[C@H]2[C@@]3(C)CC[C@@H]4[C@H](CC=C5C[C@@H](OC(C)=O)CC[C@@]54C)[C@H]3C[C@@]2(C)O1. The molecule has 3 saturated carbocycles. The minimum atomic E-state index is -0.146. The smallest absolute Gasteiger partial charge is 0.302 e. The van der Waals surface area contributed by atoms with Crippen molar-refractivity contribution in [1.82, 2.24) is 5.32 Å². The molecule has 1 amide bonds. The first-order chi connectivity index (χ1) is 17.4. The van der Waals surface area contributed by atoms with Crippen LogP contribution in [0.2, 0.25) is 0 Å². The molecule has 37 heavy (non-hydrogen) atoms. The number of carbonyl (C=O) groups excluding carboxylic acids is 2. The zero-order valence-electron chi connectivity index (χ0n) is 24.2. The van der Waals surface area contributed by atoms with E-state index in [1.54, 1.807) is 12.5 Å². The van der Waals surface area contributed by atoms with Gasteiger partial charge in [-0.05, 0) is 98.9 Å². The molecule has 0 unspecified atom stereocenters. The van der Waals surface area contributed by atoms with Crippen LogP contribution < -0.4 is 5.32 Å². The Labute approximate surface area is 224 Å². The summed E-state index contributed by atoms with van der Waals surface area (Å²) < 4.78 is 12.5. The van der Waals surface area contributed by atoms with E-state index in [2.05, 4.69) is 46.0 Å². The van der Waals surface area contributed by atoms with Gasteiger partial charge >= 0.3 is 5.97 Å². The molecule has 1 aliphatic heterocycles. The molecular weight excluding hydrogens is 462 g/mol. The minimum Gasteiger partial charge on any atom is -0.491 e. The van der Waals surface area contributed by atoms with Crippen molar-refractivity contribution in [2.45, 2.75) is 118 Å². The van der Waals surface area contributed by atoms with Gasteiger partial charge in [-0.3, -0.25) is 9.59 Å². The lowest BCUT2D eigenvalue weighted by Crippen LogP contribution is -2.50. The maximum atomic E-state index is 11.6. The first-order valence-corrected chi connectivity index (χ1v) is 14.9. The van der Waals surface area contributed by atoms with Gasteiger partial charge in [0.1, 0.15) is 11.7 Å². The second kappa shape index (κ2) is 9.45. The standard InChI is InChI=1S/C32H49NO4/c1-19(18-33-21(3)34)8-11-28-20(2)29-31(6)15-13-26-25(27(31)17-32(29,7)37-28)10-9-23-16-24(36-22(4)35)12-14-30(23,26)5/h9,19,24-27,29H,8,10-18H2,1-7H3,(H,33,34)/t19-,24+,25+,26-,27-,29+,30+,31+,32-/m1/s1. The molecule has 0 bridgehead atoms. The molecule has 0 radical (unpaired) electrons. The van der Waals surface area contributed by atoms with Crippen molar-refractivity contribution < 1.29 is 19.1 Å². The Hall–Kier alpha value is -1.78. The summed E-state index contributed by atoms with van der Waals surface area (Å²) in [5, 5.41) is 2.96. The van der Waals surface area contributed by atoms with Gasteiger partial charge in [-0.15, -0.1) is 0 Å². The highest BCUT2D eigenvalue weighted by Crippen LogP contribution is 2.71. The first-order valence-electron chi connectivity index (χ1n) is 14.9. The summed E-state index contributed by atoms with van der Waals surface area (Å²) >= 11 is 0. The van der Waals surface area contributed by atoms with Crippen LogP contribution in [0.25, 0.3) is 0 Å². The van der Waals surface area contributed by atoms with Gasteiger partial charge in [0.15, 0.2) is 0 Å². The Balaban J connectivity index is 1.32. The molecule has 0 saturated heterocycles. The molecule has 206 valence electrons. The third-order valence-corrected chi connectivity index (χ3v) is 11.5. The molecule has 3 fully saturated rings. The van der Waals surface area contributed by atoms with Gasteiger partial charge in [0, 0.05) is 39.2 Å². The van der Waals surface area contributed by atoms with Crippen molar-refractivity contribution in [1.29, 1.82) is 0 Å².